The van der Waals surface area contributed by atoms with E-state index in [9.17, 15) is 13.2 Å². The average Bonchev–Trinajstić information content (AvgIpc) is 2.53. The van der Waals surface area contributed by atoms with Gasteiger partial charge in [-0.15, -0.1) is 0 Å². The van der Waals surface area contributed by atoms with Crippen molar-refractivity contribution in [3.63, 3.8) is 0 Å². The third-order valence-corrected chi connectivity index (χ3v) is 5.47. The molecule has 5 nitrogen and oxygen atoms in total. The molecule has 0 aliphatic heterocycles. The second-order valence-corrected chi connectivity index (χ2v) is 8.76. The highest BCUT2D eigenvalue weighted by molar-refractivity contribution is 7.88. The lowest BCUT2D eigenvalue weighted by molar-refractivity contribution is -0.116. The van der Waals surface area contributed by atoms with Gasteiger partial charge in [-0.3, -0.25) is 4.79 Å². The Hall–Kier alpha value is -1.89. The van der Waals surface area contributed by atoms with Crippen molar-refractivity contribution in [2.75, 3.05) is 24.7 Å². The molecule has 2 rings (SSSR count). The van der Waals surface area contributed by atoms with Gasteiger partial charge in [-0.2, -0.15) is 4.31 Å². The number of nitrogens with one attached hydrogen (secondary N) is 1. The molecule has 0 unspecified atom stereocenters. The summed E-state index contributed by atoms with van der Waals surface area (Å²) in [5.41, 5.74) is 3.63. The van der Waals surface area contributed by atoms with Gasteiger partial charge in [0, 0.05) is 17.3 Å². The van der Waals surface area contributed by atoms with Gasteiger partial charge in [0.05, 0.1) is 12.8 Å². The minimum absolute atomic E-state index is 0.208. The summed E-state index contributed by atoms with van der Waals surface area (Å²) in [7, 11) is -3.51. The Balaban J connectivity index is 2.04. The fraction of sp³-hybridized carbons (Fsp3) is 0.316. The Morgan fingerprint density at radius 2 is 1.88 bits per heavy atom. The van der Waals surface area contributed by atoms with Crippen LogP contribution in [0, 0.1) is 13.8 Å². The van der Waals surface area contributed by atoms with Crippen molar-refractivity contribution in [3.8, 4) is 0 Å². The molecule has 2 aromatic rings. The van der Waals surface area contributed by atoms with Gasteiger partial charge >= 0.3 is 0 Å². The summed E-state index contributed by atoms with van der Waals surface area (Å²) < 4.78 is 25.3. The quantitative estimate of drug-likeness (QED) is 0.782. The minimum Gasteiger partial charge on any atom is -0.325 e. The number of halogens is 1. The van der Waals surface area contributed by atoms with Gasteiger partial charge < -0.3 is 5.32 Å². The van der Waals surface area contributed by atoms with Crippen molar-refractivity contribution in [2.24, 2.45) is 0 Å². The van der Waals surface area contributed by atoms with Crippen LogP contribution in [0.25, 0.3) is 0 Å². The molecule has 0 heterocycles. The number of anilines is 1. The first-order valence-electron chi connectivity index (χ1n) is 8.22. The molecule has 0 fully saturated rings. The molecule has 1 N–H and O–H groups in total. The summed E-state index contributed by atoms with van der Waals surface area (Å²) >= 11 is 5.95. The van der Waals surface area contributed by atoms with E-state index in [1.807, 2.05) is 44.2 Å². The molecular formula is C19H23ClN2O3S. The van der Waals surface area contributed by atoms with Crippen molar-refractivity contribution in [2.45, 2.75) is 20.3 Å². The standard InChI is InChI=1S/C19H23ClN2O3S/c1-14-7-8-18(15(2)11-14)21-19(23)13-22(26(3,24)25)10-9-16-5-4-6-17(20)12-16/h4-8,11-12H,9-10,13H2,1-3H3,(H,21,23). The fourth-order valence-electron chi connectivity index (χ4n) is 2.61. The number of carbonyl (C=O) groups is 1. The van der Waals surface area contributed by atoms with Crippen molar-refractivity contribution >= 4 is 33.2 Å². The second kappa shape index (κ2) is 8.66. The number of sulfonamides is 1. The normalized spacial score (nSPS) is 11.6. The topological polar surface area (TPSA) is 66.5 Å². The molecule has 0 aromatic heterocycles. The zero-order valence-corrected chi connectivity index (χ0v) is 16.7. The maximum absolute atomic E-state index is 12.3. The number of carbonyl (C=O) groups excluding carboxylic acids is 1. The average molecular weight is 395 g/mol. The first-order valence-corrected chi connectivity index (χ1v) is 10.4. The maximum atomic E-state index is 12.3. The predicted octanol–water partition coefficient (Wildman–Crippen LogP) is 3.40. The number of hydrogen-bond acceptors (Lipinski definition) is 3. The summed E-state index contributed by atoms with van der Waals surface area (Å²) in [6.07, 6.45) is 1.58. The summed E-state index contributed by atoms with van der Waals surface area (Å²) in [6, 6.07) is 12.9. The Morgan fingerprint density at radius 3 is 2.50 bits per heavy atom. The van der Waals surface area contributed by atoms with Gasteiger partial charge in [0.2, 0.25) is 15.9 Å². The largest absolute Gasteiger partial charge is 0.325 e. The molecule has 0 saturated heterocycles. The van der Waals surface area contributed by atoms with Gasteiger partial charge in [0.25, 0.3) is 0 Å². The first kappa shape index (κ1) is 20.4. The minimum atomic E-state index is -3.51. The van der Waals surface area contributed by atoms with E-state index in [2.05, 4.69) is 5.32 Å². The van der Waals surface area contributed by atoms with Crippen molar-refractivity contribution in [1.29, 1.82) is 0 Å². The van der Waals surface area contributed by atoms with Crippen LogP contribution in [0.1, 0.15) is 16.7 Å². The lowest BCUT2D eigenvalue weighted by Crippen LogP contribution is -2.38. The Kier molecular flexibility index (Phi) is 6.81. The van der Waals surface area contributed by atoms with Crippen LogP contribution in [-0.4, -0.2) is 38.0 Å². The summed E-state index contributed by atoms with van der Waals surface area (Å²) in [5.74, 6) is -0.367. The monoisotopic (exact) mass is 394 g/mol. The van der Waals surface area contributed by atoms with E-state index in [1.54, 1.807) is 12.1 Å². The van der Waals surface area contributed by atoms with Crippen LogP contribution >= 0.6 is 11.6 Å². The highest BCUT2D eigenvalue weighted by atomic mass is 35.5. The molecule has 0 spiro atoms. The van der Waals surface area contributed by atoms with E-state index in [4.69, 9.17) is 11.6 Å². The van der Waals surface area contributed by atoms with Crippen LogP contribution in [0.3, 0.4) is 0 Å². The molecule has 0 aliphatic carbocycles. The molecule has 7 heteroatoms. The number of rotatable bonds is 7. The van der Waals surface area contributed by atoms with Crippen LogP contribution in [0.15, 0.2) is 42.5 Å². The summed E-state index contributed by atoms with van der Waals surface area (Å²) in [6.45, 7) is 3.85. The van der Waals surface area contributed by atoms with E-state index < -0.39 is 10.0 Å². The van der Waals surface area contributed by atoms with Gasteiger partial charge in [0.1, 0.15) is 0 Å². The fourth-order valence-corrected chi connectivity index (χ4v) is 3.60. The van der Waals surface area contributed by atoms with Gasteiger partial charge in [-0.05, 0) is 49.6 Å². The molecule has 0 radical (unpaired) electrons. The molecule has 0 aliphatic rings. The molecule has 0 saturated carbocycles. The highest BCUT2D eigenvalue weighted by Gasteiger charge is 2.20. The number of amides is 1. The van der Waals surface area contributed by atoms with E-state index in [0.29, 0.717) is 17.1 Å². The van der Waals surface area contributed by atoms with Crippen LogP contribution in [0.5, 0.6) is 0 Å². The zero-order chi connectivity index (χ0) is 19.3. The van der Waals surface area contributed by atoms with Crippen molar-refractivity contribution < 1.29 is 13.2 Å². The Labute approximate surface area is 160 Å². The molecular weight excluding hydrogens is 372 g/mol. The predicted molar refractivity (Wildman–Crippen MR) is 106 cm³/mol. The van der Waals surface area contributed by atoms with Crippen molar-refractivity contribution in [3.05, 3.63) is 64.2 Å². The second-order valence-electron chi connectivity index (χ2n) is 6.34. The third-order valence-electron chi connectivity index (χ3n) is 3.98. The van der Waals surface area contributed by atoms with E-state index in [1.165, 1.54) is 4.31 Å². The summed E-state index contributed by atoms with van der Waals surface area (Å²) in [5, 5.41) is 3.38. The molecule has 26 heavy (non-hydrogen) atoms. The molecule has 2 aromatic carbocycles. The van der Waals surface area contributed by atoms with Gasteiger partial charge in [0.15, 0.2) is 0 Å². The Morgan fingerprint density at radius 1 is 1.15 bits per heavy atom. The molecule has 0 bridgehead atoms. The van der Waals surface area contributed by atoms with Crippen LogP contribution < -0.4 is 5.32 Å². The number of aryl methyl sites for hydroxylation is 2. The first-order chi connectivity index (χ1) is 12.1. The number of hydrogen-bond donors (Lipinski definition) is 1. The molecule has 140 valence electrons. The molecule has 0 atom stereocenters. The zero-order valence-electron chi connectivity index (χ0n) is 15.1. The Bertz CT molecular complexity index is 897. The van der Waals surface area contributed by atoms with Gasteiger partial charge in [-0.25, -0.2) is 8.42 Å². The lowest BCUT2D eigenvalue weighted by Gasteiger charge is -2.20. The lowest BCUT2D eigenvalue weighted by atomic mass is 10.1. The van der Waals surface area contributed by atoms with Crippen molar-refractivity contribution in [1.82, 2.24) is 4.31 Å². The van der Waals surface area contributed by atoms with E-state index in [0.717, 1.165) is 22.9 Å². The number of benzene rings is 2. The highest BCUT2D eigenvalue weighted by Crippen LogP contribution is 2.16. The van der Waals surface area contributed by atoms with Gasteiger partial charge in [-0.1, -0.05) is 41.4 Å². The molecule has 1 amide bonds. The van der Waals surface area contributed by atoms with E-state index in [-0.39, 0.29) is 19.0 Å². The van der Waals surface area contributed by atoms with Crippen LogP contribution in [-0.2, 0) is 21.2 Å². The SMILES string of the molecule is Cc1ccc(NC(=O)CN(CCc2cccc(Cl)c2)S(C)(=O)=O)c(C)c1. The van der Waals surface area contributed by atoms with Crippen LogP contribution in [0.4, 0.5) is 5.69 Å². The number of nitrogens with zero attached hydrogens (tertiary/aromatic N) is 1. The third kappa shape index (κ3) is 6.12. The summed E-state index contributed by atoms with van der Waals surface area (Å²) in [4.78, 5) is 12.3. The smallest absolute Gasteiger partial charge is 0.239 e. The van der Waals surface area contributed by atoms with Crippen LogP contribution in [0.2, 0.25) is 5.02 Å². The maximum Gasteiger partial charge on any atom is 0.239 e. The van der Waals surface area contributed by atoms with E-state index >= 15 is 0 Å².